The van der Waals surface area contributed by atoms with E-state index < -0.39 is 5.60 Å². The van der Waals surface area contributed by atoms with Crippen LogP contribution in [0.25, 0.3) is 0 Å². The summed E-state index contributed by atoms with van der Waals surface area (Å²) in [7, 11) is 0. The molecule has 1 aliphatic rings. The third kappa shape index (κ3) is 2.99. The molecule has 0 aromatic heterocycles. The van der Waals surface area contributed by atoms with Gasteiger partial charge in [-0.05, 0) is 20.8 Å². The number of carbonyl (C=O) groups excluding carboxylic acids is 1. The maximum Gasteiger partial charge on any atom is 0.312 e. The summed E-state index contributed by atoms with van der Waals surface area (Å²) < 4.78 is 5.03. The lowest BCUT2D eigenvalue weighted by atomic mass is 9.79. The highest BCUT2D eigenvalue weighted by Crippen LogP contribution is 2.37. The van der Waals surface area contributed by atoms with Crippen molar-refractivity contribution in [2.45, 2.75) is 53.6 Å². The molecule has 0 aromatic rings. The number of esters is 1. The minimum atomic E-state index is -0.575. The van der Waals surface area contributed by atoms with E-state index in [0.29, 0.717) is 13.0 Å². The maximum atomic E-state index is 11.7. The standard InChI is InChI=1S/C13H23NO3/c1-7-16-11(15)9(2)13(6)8-10(14-17-13)12(3,4)5/h9H,7-8H2,1-6H3. The number of nitrogens with zero attached hydrogens (tertiary/aromatic N) is 1. The van der Waals surface area contributed by atoms with Crippen LogP contribution >= 0.6 is 0 Å². The Bertz CT molecular complexity index is 330. The monoisotopic (exact) mass is 241 g/mol. The largest absolute Gasteiger partial charge is 0.466 e. The molecule has 17 heavy (non-hydrogen) atoms. The number of hydrogen-bond acceptors (Lipinski definition) is 4. The Morgan fingerprint density at radius 1 is 1.59 bits per heavy atom. The topological polar surface area (TPSA) is 47.9 Å². The van der Waals surface area contributed by atoms with E-state index in [0.717, 1.165) is 5.71 Å². The van der Waals surface area contributed by atoms with Gasteiger partial charge < -0.3 is 9.57 Å². The molecule has 0 aromatic carbocycles. The van der Waals surface area contributed by atoms with Crippen molar-refractivity contribution in [2.75, 3.05) is 6.61 Å². The van der Waals surface area contributed by atoms with E-state index in [1.165, 1.54) is 0 Å². The van der Waals surface area contributed by atoms with E-state index in [4.69, 9.17) is 9.57 Å². The fourth-order valence-electron chi connectivity index (χ4n) is 1.71. The summed E-state index contributed by atoms with van der Waals surface area (Å²) in [5, 5.41) is 4.13. The minimum Gasteiger partial charge on any atom is -0.466 e. The summed E-state index contributed by atoms with van der Waals surface area (Å²) in [5.74, 6) is -0.536. The molecule has 2 atom stereocenters. The molecular formula is C13H23NO3. The van der Waals surface area contributed by atoms with E-state index in [1.807, 2.05) is 13.8 Å². The van der Waals surface area contributed by atoms with Gasteiger partial charge in [0.15, 0.2) is 5.60 Å². The molecule has 0 fully saturated rings. The van der Waals surface area contributed by atoms with Crippen LogP contribution in [0.2, 0.25) is 0 Å². The summed E-state index contributed by atoms with van der Waals surface area (Å²) in [4.78, 5) is 17.2. The van der Waals surface area contributed by atoms with Gasteiger partial charge in [-0.15, -0.1) is 0 Å². The van der Waals surface area contributed by atoms with Crippen LogP contribution in [0.3, 0.4) is 0 Å². The summed E-state index contributed by atoms with van der Waals surface area (Å²) in [6.07, 6.45) is 0.677. The van der Waals surface area contributed by atoms with Gasteiger partial charge in [0.25, 0.3) is 0 Å². The molecule has 0 saturated carbocycles. The van der Waals surface area contributed by atoms with Crippen molar-refractivity contribution in [3.8, 4) is 0 Å². The van der Waals surface area contributed by atoms with Crippen LogP contribution in [0, 0.1) is 11.3 Å². The van der Waals surface area contributed by atoms with Crippen LogP contribution in [-0.4, -0.2) is 23.9 Å². The minimum absolute atomic E-state index is 0.0217. The summed E-state index contributed by atoms with van der Waals surface area (Å²) in [6.45, 7) is 12.2. The molecule has 1 rings (SSSR count). The number of rotatable bonds is 3. The Morgan fingerprint density at radius 3 is 2.59 bits per heavy atom. The first-order valence-corrected chi connectivity index (χ1v) is 6.13. The second kappa shape index (κ2) is 4.67. The average molecular weight is 241 g/mol. The molecule has 0 aliphatic carbocycles. The molecule has 0 spiro atoms. The van der Waals surface area contributed by atoms with Gasteiger partial charge in [-0.1, -0.05) is 25.9 Å². The zero-order valence-corrected chi connectivity index (χ0v) is 11.7. The fourth-order valence-corrected chi connectivity index (χ4v) is 1.71. The molecule has 0 amide bonds. The van der Waals surface area contributed by atoms with Crippen molar-refractivity contribution in [2.24, 2.45) is 16.5 Å². The van der Waals surface area contributed by atoms with Crippen molar-refractivity contribution < 1.29 is 14.4 Å². The summed E-state index contributed by atoms with van der Waals surface area (Å²) in [5.41, 5.74) is 0.400. The quantitative estimate of drug-likeness (QED) is 0.714. The van der Waals surface area contributed by atoms with Crippen molar-refractivity contribution in [1.29, 1.82) is 0 Å². The number of oxime groups is 1. The van der Waals surface area contributed by atoms with E-state index in [1.54, 1.807) is 6.92 Å². The smallest absolute Gasteiger partial charge is 0.312 e. The first-order valence-electron chi connectivity index (χ1n) is 6.13. The summed E-state index contributed by atoms with van der Waals surface area (Å²) >= 11 is 0. The maximum absolute atomic E-state index is 11.7. The zero-order chi connectivity index (χ0) is 13.3. The number of hydrogen-bond donors (Lipinski definition) is 0. The van der Waals surface area contributed by atoms with E-state index in [2.05, 4.69) is 25.9 Å². The van der Waals surface area contributed by atoms with E-state index in [9.17, 15) is 4.79 Å². The molecule has 0 saturated heterocycles. The lowest BCUT2D eigenvalue weighted by molar-refractivity contribution is -0.158. The van der Waals surface area contributed by atoms with Crippen molar-refractivity contribution in [1.82, 2.24) is 0 Å². The van der Waals surface area contributed by atoms with Crippen LogP contribution in [0.5, 0.6) is 0 Å². The normalized spacial score (nSPS) is 26.1. The molecule has 1 heterocycles. The lowest BCUT2D eigenvalue weighted by Crippen LogP contribution is -2.40. The Kier molecular flexibility index (Phi) is 3.84. The predicted octanol–water partition coefficient (Wildman–Crippen LogP) is 2.77. The van der Waals surface area contributed by atoms with Gasteiger partial charge in [0.05, 0.1) is 18.2 Å². The van der Waals surface area contributed by atoms with Crippen molar-refractivity contribution >= 4 is 11.7 Å². The Morgan fingerprint density at radius 2 is 2.18 bits per heavy atom. The second-order valence-electron chi connectivity index (χ2n) is 5.84. The molecule has 0 bridgehead atoms. The SMILES string of the molecule is CCOC(=O)C(C)C1(C)CC(C(C)(C)C)=NO1. The van der Waals surface area contributed by atoms with Gasteiger partial charge in [-0.3, -0.25) is 4.79 Å². The Labute approximate surface area is 103 Å². The molecule has 98 valence electrons. The molecule has 0 radical (unpaired) electrons. The highest BCUT2D eigenvalue weighted by molar-refractivity contribution is 5.91. The highest BCUT2D eigenvalue weighted by atomic mass is 16.7. The van der Waals surface area contributed by atoms with Gasteiger partial charge in [0.2, 0.25) is 0 Å². The number of carbonyl (C=O) groups is 1. The van der Waals surface area contributed by atoms with Gasteiger partial charge in [0.1, 0.15) is 0 Å². The van der Waals surface area contributed by atoms with Crippen LogP contribution in [-0.2, 0) is 14.4 Å². The molecular weight excluding hydrogens is 218 g/mol. The van der Waals surface area contributed by atoms with Gasteiger partial charge >= 0.3 is 5.97 Å². The van der Waals surface area contributed by atoms with Crippen molar-refractivity contribution in [3.63, 3.8) is 0 Å². The number of ether oxygens (including phenoxy) is 1. The molecule has 2 unspecified atom stereocenters. The second-order valence-corrected chi connectivity index (χ2v) is 5.84. The highest BCUT2D eigenvalue weighted by Gasteiger charge is 2.46. The average Bonchev–Trinajstić information content (AvgIpc) is 2.61. The third-order valence-corrected chi connectivity index (χ3v) is 3.30. The van der Waals surface area contributed by atoms with Crippen LogP contribution in [0.4, 0.5) is 0 Å². The molecule has 4 nitrogen and oxygen atoms in total. The van der Waals surface area contributed by atoms with E-state index in [-0.39, 0.29) is 17.3 Å². The van der Waals surface area contributed by atoms with Crippen LogP contribution < -0.4 is 0 Å². The molecule has 1 aliphatic heterocycles. The van der Waals surface area contributed by atoms with Crippen molar-refractivity contribution in [3.05, 3.63) is 0 Å². The van der Waals surface area contributed by atoms with Gasteiger partial charge in [-0.25, -0.2) is 0 Å². The first-order chi connectivity index (χ1) is 7.70. The first kappa shape index (κ1) is 14.0. The van der Waals surface area contributed by atoms with E-state index >= 15 is 0 Å². The van der Waals surface area contributed by atoms with Gasteiger partial charge in [-0.2, -0.15) is 0 Å². The molecule has 0 N–H and O–H groups in total. The van der Waals surface area contributed by atoms with Crippen LogP contribution in [0.1, 0.15) is 48.0 Å². The Balaban J connectivity index is 2.72. The Hall–Kier alpha value is -1.06. The zero-order valence-electron chi connectivity index (χ0n) is 11.7. The van der Waals surface area contributed by atoms with Crippen LogP contribution in [0.15, 0.2) is 5.16 Å². The predicted molar refractivity (Wildman–Crippen MR) is 66.8 cm³/mol. The third-order valence-electron chi connectivity index (χ3n) is 3.30. The fraction of sp³-hybridized carbons (Fsp3) is 0.846. The summed E-state index contributed by atoms with van der Waals surface area (Å²) in [6, 6.07) is 0. The van der Waals surface area contributed by atoms with Gasteiger partial charge in [0, 0.05) is 11.8 Å². The lowest BCUT2D eigenvalue weighted by Gasteiger charge is -2.28. The molecule has 4 heteroatoms.